The highest BCUT2D eigenvalue weighted by molar-refractivity contribution is 5.81. The van der Waals surface area contributed by atoms with Gasteiger partial charge in [0, 0.05) is 0 Å². The number of rotatable bonds is 1. The molecule has 0 saturated carbocycles. The lowest BCUT2D eigenvalue weighted by atomic mass is 10.1. The zero-order valence-electron chi connectivity index (χ0n) is 4.54. The van der Waals surface area contributed by atoms with Crippen molar-refractivity contribution >= 4 is 5.84 Å². The van der Waals surface area contributed by atoms with E-state index >= 15 is 0 Å². The zero-order chi connectivity index (χ0) is 5.98. The predicted octanol–water partition coefficient (Wildman–Crippen LogP) is -1.16. The summed E-state index contributed by atoms with van der Waals surface area (Å²) >= 11 is 0. The minimum Gasteiger partial charge on any atom is -0.291 e. The van der Waals surface area contributed by atoms with E-state index < -0.39 is 0 Å². The number of amidine groups is 1. The van der Waals surface area contributed by atoms with Gasteiger partial charge in [-0.05, 0) is 0 Å². The minimum absolute atomic E-state index is 0.176. The van der Waals surface area contributed by atoms with Crippen LogP contribution in [0.2, 0.25) is 0 Å². The molecule has 0 aliphatic heterocycles. The molecule has 0 unspecified atom stereocenters. The molecule has 0 amide bonds. The average Bonchev–Trinajstić information content (AvgIpc) is 2.12. The van der Waals surface area contributed by atoms with Gasteiger partial charge in [0.05, 0.1) is 5.92 Å². The molecule has 0 spiro atoms. The van der Waals surface area contributed by atoms with Crippen molar-refractivity contribution in [2.75, 3.05) is 0 Å². The van der Waals surface area contributed by atoms with Gasteiger partial charge in [0.1, 0.15) is 0 Å². The highest BCUT2D eigenvalue weighted by Crippen LogP contribution is 2.05. The summed E-state index contributed by atoms with van der Waals surface area (Å²) in [6, 6.07) is 0. The lowest BCUT2D eigenvalue weighted by molar-refractivity contribution is -0.119. The fourth-order valence-corrected chi connectivity index (χ4v) is 0.654. The molecule has 8 heavy (non-hydrogen) atoms. The molecule has 2 heteroatoms. The second-order valence-electron chi connectivity index (χ2n) is 1.80. The third kappa shape index (κ3) is 0.780. The topological polar surface area (TPSA) is 51.6 Å². The van der Waals surface area contributed by atoms with E-state index in [9.17, 15) is 0 Å². The molecule has 0 fully saturated rings. The van der Waals surface area contributed by atoms with Crippen molar-refractivity contribution < 1.29 is 5.41 Å². The van der Waals surface area contributed by atoms with Gasteiger partial charge in [0.15, 0.2) is 0 Å². The van der Waals surface area contributed by atoms with Gasteiger partial charge >= 0.3 is 0 Å². The van der Waals surface area contributed by atoms with Crippen LogP contribution in [0.4, 0.5) is 0 Å². The number of hydrogen-bond acceptors (Lipinski definition) is 0. The molecule has 1 aliphatic rings. The van der Waals surface area contributed by atoms with Crippen molar-refractivity contribution in [1.29, 1.82) is 0 Å². The van der Waals surface area contributed by atoms with Crippen molar-refractivity contribution in [2.45, 2.75) is 0 Å². The molecule has 0 aromatic carbocycles. The Morgan fingerprint density at radius 1 is 1.38 bits per heavy atom. The Morgan fingerprint density at radius 2 is 1.88 bits per heavy atom. The van der Waals surface area contributed by atoms with Crippen molar-refractivity contribution in [1.82, 2.24) is 0 Å². The standard InChI is InChI=1S/C6H8N2/c7-6(8)5-3-1-2-4-5/h1-5H,(H3,7,8)/p+1. The van der Waals surface area contributed by atoms with Gasteiger partial charge in [-0.2, -0.15) is 0 Å². The van der Waals surface area contributed by atoms with E-state index in [0.717, 1.165) is 0 Å². The Kier molecular flexibility index (Phi) is 1.16. The maximum Gasteiger partial charge on any atom is 0.249 e. The maximum absolute atomic E-state index is 5.29. The van der Waals surface area contributed by atoms with Crippen LogP contribution < -0.4 is 11.1 Å². The van der Waals surface area contributed by atoms with E-state index in [1.54, 1.807) is 0 Å². The van der Waals surface area contributed by atoms with Gasteiger partial charge in [0.25, 0.3) is 0 Å². The molecule has 0 saturated heterocycles. The van der Waals surface area contributed by atoms with Crippen LogP contribution >= 0.6 is 0 Å². The lowest BCUT2D eigenvalue weighted by Gasteiger charge is -1.91. The van der Waals surface area contributed by atoms with Crippen LogP contribution in [0.15, 0.2) is 24.3 Å². The Bertz CT molecular complexity index is 144. The summed E-state index contributed by atoms with van der Waals surface area (Å²) in [5.74, 6) is 0.644. The highest BCUT2D eigenvalue weighted by atomic mass is 14.7. The summed E-state index contributed by atoms with van der Waals surface area (Å²) in [4.78, 5) is 0. The van der Waals surface area contributed by atoms with E-state index in [-0.39, 0.29) is 5.92 Å². The second kappa shape index (κ2) is 1.82. The van der Waals surface area contributed by atoms with Crippen LogP contribution in [0.5, 0.6) is 0 Å². The van der Waals surface area contributed by atoms with E-state index in [0.29, 0.717) is 5.84 Å². The molecule has 4 N–H and O–H groups in total. The summed E-state index contributed by atoms with van der Waals surface area (Å²) < 4.78 is 0. The van der Waals surface area contributed by atoms with Crippen LogP contribution in [0.3, 0.4) is 0 Å². The SMILES string of the molecule is NC(=[NH2+])C1C=CC=C1. The van der Waals surface area contributed by atoms with Crippen molar-refractivity contribution in [2.24, 2.45) is 11.7 Å². The largest absolute Gasteiger partial charge is 0.291 e. The maximum atomic E-state index is 5.29. The Labute approximate surface area is 48.2 Å². The third-order valence-corrected chi connectivity index (χ3v) is 1.13. The van der Waals surface area contributed by atoms with Crippen molar-refractivity contribution in [3.8, 4) is 0 Å². The summed E-state index contributed by atoms with van der Waals surface area (Å²) in [5.41, 5.74) is 5.29. The molecule has 0 bridgehead atoms. The third-order valence-electron chi connectivity index (χ3n) is 1.13. The first kappa shape index (κ1) is 5.09. The number of hydrogen-bond donors (Lipinski definition) is 2. The molecule has 0 atom stereocenters. The first-order valence-corrected chi connectivity index (χ1v) is 2.53. The minimum atomic E-state index is 0.176. The Hall–Kier alpha value is -1.05. The van der Waals surface area contributed by atoms with Gasteiger partial charge < -0.3 is 0 Å². The monoisotopic (exact) mass is 109 g/mol. The van der Waals surface area contributed by atoms with Crippen LogP contribution in [0.25, 0.3) is 0 Å². The molecule has 1 rings (SSSR count). The summed E-state index contributed by atoms with van der Waals surface area (Å²) in [6.07, 6.45) is 7.78. The van der Waals surface area contributed by atoms with E-state index in [2.05, 4.69) is 0 Å². The van der Waals surface area contributed by atoms with Gasteiger partial charge in [0.2, 0.25) is 5.84 Å². The molecule has 0 radical (unpaired) electrons. The number of allylic oxidation sites excluding steroid dienone is 2. The van der Waals surface area contributed by atoms with Crippen LogP contribution in [0, 0.1) is 5.92 Å². The molecule has 42 valence electrons. The van der Waals surface area contributed by atoms with Gasteiger partial charge in [-0.1, -0.05) is 24.3 Å². The lowest BCUT2D eigenvalue weighted by Crippen LogP contribution is -2.48. The molecular weight excluding hydrogens is 100 g/mol. The van der Waals surface area contributed by atoms with Crippen LogP contribution in [-0.2, 0) is 0 Å². The van der Waals surface area contributed by atoms with Gasteiger partial charge in [-0.25, -0.2) is 0 Å². The normalized spacial score (nSPS) is 17.5. The van der Waals surface area contributed by atoms with Crippen molar-refractivity contribution in [3.63, 3.8) is 0 Å². The average molecular weight is 109 g/mol. The van der Waals surface area contributed by atoms with Gasteiger partial charge in [-0.3, -0.25) is 11.1 Å². The van der Waals surface area contributed by atoms with Crippen molar-refractivity contribution in [3.05, 3.63) is 24.3 Å². The van der Waals surface area contributed by atoms with Crippen LogP contribution in [0.1, 0.15) is 0 Å². The van der Waals surface area contributed by atoms with Gasteiger partial charge in [-0.15, -0.1) is 0 Å². The summed E-state index contributed by atoms with van der Waals surface area (Å²) in [6.45, 7) is 0. The molecule has 0 aromatic heterocycles. The second-order valence-corrected chi connectivity index (χ2v) is 1.80. The molecular formula is C6H9N2+. The molecule has 1 aliphatic carbocycles. The Morgan fingerprint density at radius 3 is 2.12 bits per heavy atom. The van der Waals surface area contributed by atoms with Crippen LogP contribution in [-0.4, -0.2) is 5.84 Å². The number of nitrogens with two attached hydrogens (primary N) is 2. The molecule has 0 heterocycles. The Balaban J connectivity index is 2.62. The summed E-state index contributed by atoms with van der Waals surface area (Å²) in [7, 11) is 0. The van der Waals surface area contributed by atoms with E-state index in [1.165, 1.54) is 0 Å². The quantitative estimate of drug-likeness (QED) is 0.324. The predicted molar refractivity (Wildman–Crippen MR) is 32.9 cm³/mol. The van der Waals surface area contributed by atoms with E-state index in [4.69, 9.17) is 11.1 Å². The first-order chi connectivity index (χ1) is 3.80. The summed E-state index contributed by atoms with van der Waals surface area (Å²) in [5, 5.41) is 5.29. The first-order valence-electron chi connectivity index (χ1n) is 2.53. The molecule has 0 aromatic rings. The highest BCUT2D eigenvalue weighted by Gasteiger charge is 2.09. The smallest absolute Gasteiger partial charge is 0.249 e. The fourth-order valence-electron chi connectivity index (χ4n) is 0.654. The zero-order valence-corrected chi connectivity index (χ0v) is 4.54. The van der Waals surface area contributed by atoms with E-state index in [1.807, 2.05) is 24.3 Å². The fraction of sp³-hybridized carbons (Fsp3) is 0.167. The molecule has 2 nitrogen and oxygen atoms in total.